The average molecular weight is 344 g/mol. The highest BCUT2D eigenvalue weighted by atomic mass is 79.9. The molecule has 2 aromatic rings. The maximum atomic E-state index is 6.00. The van der Waals surface area contributed by atoms with Gasteiger partial charge in [0.2, 0.25) is 0 Å². The van der Waals surface area contributed by atoms with Crippen molar-refractivity contribution in [3.05, 3.63) is 57.7 Å². The molecule has 0 bridgehead atoms. The quantitative estimate of drug-likeness (QED) is 0.842. The Bertz CT molecular complexity index is 519. The van der Waals surface area contributed by atoms with E-state index in [1.165, 1.54) is 0 Å². The number of hydrogen-bond donors (Lipinski definition) is 1. The molecule has 1 aromatic carbocycles. The van der Waals surface area contributed by atoms with Crippen LogP contribution >= 0.6 is 39.3 Å². The van der Waals surface area contributed by atoms with Gasteiger partial charge in [-0.2, -0.15) is 0 Å². The number of nitrogens with two attached hydrogens (primary N) is 1. The molecule has 1 unspecified atom stereocenters. The van der Waals surface area contributed by atoms with E-state index in [0.717, 1.165) is 20.1 Å². The van der Waals surface area contributed by atoms with Gasteiger partial charge in [-0.05, 0) is 45.8 Å². The van der Waals surface area contributed by atoms with Crippen molar-refractivity contribution in [1.29, 1.82) is 0 Å². The van der Waals surface area contributed by atoms with Crippen molar-refractivity contribution in [1.82, 2.24) is 4.98 Å². The first-order valence-corrected chi connectivity index (χ1v) is 7.48. The molecule has 1 atom stereocenters. The van der Waals surface area contributed by atoms with Crippen molar-refractivity contribution in [3.63, 3.8) is 0 Å². The topological polar surface area (TPSA) is 38.9 Å². The summed E-state index contributed by atoms with van der Waals surface area (Å²) < 4.78 is 0.971. The van der Waals surface area contributed by atoms with Gasteiger partial charge in [0, 0.05) is 27.5 Å². The van der Waals surface area contributed by atoms with E-state index in [-0.39, 0.29) is 5.25 Å². The Morgan fingerprint density at radius 1 is 1.33 bits per heavy atom. The predicted octanol–water partition coefficient (Wildman–Crippen LogP) is 4.29. The van der Waals surface area contributed by atoms with Gasteiger partial charge in [0.1, 0.15) is 0 Å². The monoisotopic (exact) mass is 342 g/mol. The van der Waals surface area contributed by atoms with E-state index in [1.807, 2.05) is 36.4 Å². The first-order chi connectivity index (χ1) is 8.69. The predicted molar refractivity (Wildman–Crippen MR) is 81.0 cm³/mol. The van der Waals surface area contributed by atoms with E-state index in [4.69, 9.17) is 17.3 Å². The summed E-state index contributed by atoms with van der Waals surface area (Å²) in [5, 5.41) is 1.85. The third-order valence-electron chi connectivity index (χ3n) is 2.40. The second-order valence-electron chi connectivity index (χ2n) is 3.71. The van der Waals surface area contributed by atoms with Gasteiger partial charge in [0.25, 0.3) is 0 Å². The van der Waals surface area contributed by atoms with Gasteiger partial charge >= 0.3 is 0 Å². The Morgan fingerprint density at radius 3 is 2.78 bits per heavy atom. The number of aromatic nitrogens is 1. The highest BCUT2D eigenvalue weighted by Crippen LogP contribution is 2.34. The summed E-state index contributed by atoms with van der Waals surface area (Å²) >= 11 is 11.0. The molecule has 1 heterocycles. The zero-order chi connectivity index (χ0) is 13.0. The van der Waals surface area contributed by atoms with Crippen LogP contribution < -0.4 is 5.73 Å². The highest BCUT2D eigenvalue weighted by Gasteiger charge is 2.12. The Balaban J connectivity index is 2.17. The minimum Gasteiger partial charge on any atom is -0.329 e. The fraction of sp³-hybridized carbons (Fsp3) is 0.154. The molecule has 0 spiro atoms. The second kappa shape index (κ2) is 6.57. The van der Waals surface area contributed by atoms with E-state index < -0.39 is 0 Å². The molecule has 1 aromatic heterocycles. The van der Waals surface area contributed by atoms with Crippen LogP contribution in [0, 0.1) is 0 Å². The van der Waals surface area contributed by atoms with Crippen molar-refractivity contribution in [2.75, 3.05) is 6.54 Å². The van der Waals surface area contributed by atoms with Crippen LogP contribution in [0.5, 0.6) is 0 Å². The van der Waals surface area contributed by atoms with Gasteiger partial charge in [0.15, 0.2) is 0 Å². The molecular formula is C13H12BrClN2S. The van der Waals surface area contributed by atoms with Gasteiger partial charge in [0.05, 0.1) is 5.03 Å². The van der Waals surface area contributed by atoms with Crippen LogP contribution in [0.2, 0.25) is 5.02 Å². The Labute approximate surface area is 124 Å². The lowest BCUT2D eigenvalue weighted by molar-refractivity contribution is 0.934. The Morgan fingerprint density at radius 2 is 2.17 bits per heavy atom. The minimum atomic E-state index is 0.164. The zero-order valence-electron chi connectivity index (χ0n) is 9.51. The molecule has 5 heteroatoms. The summed E-state index contributed by atoms with van der Waals surface area (Å²) in [6.07, 6.45) is 1.79. The van der Waals surface area contributed by atoms with Gasteiger partial charge in [-0.15, -0.1) is 0 Å². The fourth-order valence-corrected chi connectivity index (χ4v) is 2.90. The van der Waals surface area contributed by atoms with Crippen molar-refractivity contribution in [2.24, 2.45) is 5.73 Å². The number of nitrogens with zero attached hydrogens (tertiary/aromatic N) is 1. The van der Waals surface area contributed by atoms with E-state index in [0.29, 0.717) is 6.54 Å². The number of halogens is 2. The van der Waals surface area contributed by atoms with Crippen LogP contribution in [0.1, 0.15) is 10.8 Å². The number of rotatable bonds is 4. The van der Waals surface area contributed by atoms with Crippen LogP contribution in [0.4, 0.5) is 0 Å². The zero-order valence-corrected chi connectivity index (χ0v) is 12.7. The summed E-state index contributed by atoms with van der Waals surface area (Å²) in [7, 11) is 0. The largest absolute Gasteiger partial charge is 0.329 e. The number of hydrogen-bond acceptors (Lipinski definition) is 3. The highest BCUT2D eigenvalue weighted by molar-refractivity contribution is 9.10. The lowest BCUT2D eigenvalue weighted by Gasteiger charge is -2.14. The summed E-state index contributed by atoms with van der Waals surface area (Å²) in [6.45, 7) is 0.544. The van der Waals surface area contributed by atoms with E-state index >= 15 is 0 Å². The first kappa shape index (κ1) is 13.9. The van der Waals surface area contributed by atoms with E-state index in [2.05, 4.69) is 20.9 Å². The SMILES string of the molecule is NCC(Sc1ccc(Br)cn1)c1cccc(Cl)c1. The van der Waals surface area contributed by atoms with Crippen LogP contribution in [0.15, 0.2) is 52.1 Å². The molecule has 0 aliphatic carbocycles. The molecule has 0 aliphatic rings. The maximum Gasteiger partial charge on any atom is 0.0967 e. The van der Waals surface area contributed by atoms with Crippen molar-refractivity contribution in [2.45, 2.75) is 10.3 Å². The molecule has 0 radical (unpaired) electrons. The molecule has 2 nitrogen and oxygen atoms in total. The van der Waals surface area contributed by atoms with E-state index in [9.17, 15) is 0 Å². The normalized spacial score (nSPS) is 12.4. The third-order valence-corrected chi connectivity index (χ3v) is 4.33. The number of thioether (sulfide) groups is 1. The lowest BCUT2D eigenvalue weighted by atomic mass is 10.1. The molecule has 0 fully saturated rings. The standard InChI is InChI=1S/C13H12BrClN2S/c14-10-4-5-13(17-8-10)18-12(7-16)9-2-1-3-11(15)6-9/h1-6,8,12H,7,16H2. The van der Waals surface area contributed by atoms with E-state index in [1.54, 1.807) is 18.0 Å². The third kappa shape index (κ3) is 3.72. The van der Waals surface area contributed by atoms with Crippen LogP contribution in [0.3, 0.4) is 0 Å². The van der Waals surface area contributed by atoms with Gasteiger partial charge in [-0.1, -0.05) is 35.5 Å². The maximum absolute atomic E-state index is 6.00. The average Bonchev–Trinajstić information content (AvgIpc) is 2.38. The van der Waals surface area contributed by atoms with Crippen LogP contribution in [0.25, 0.3) is 0 Å². The van der Waals surface area contributed by atoms with Gasteiger partial charge in [-0.25, -0.2) is 4.98 Å². The summed E-state index contributed by atoms with van der Waals surface area (Å²) in [4.78, 5) is 4.34. The van der Waals surface area contributed by atoms with Crippen molar-refractivity contribution < 1.29 is 0 Å². The summed E-state index contributed by atoms with van der Waals surface area (Å²) in [6, 6.07) is 11.7. The van der Waals surface area contributed by atoms with Gasteiger partial charge < -0.3 is 5.73 Å². The second-order valence-corrected chi connectivity index (χ2v) is 6.29. The number of pyridine rings is 1. The summed E-state index contributed by atoms with van der Waals surface area (Å²) in [5.41, 5.74) is 6.96. The van der Waals surface area contributed by atoms with Crippen LogP contribution in [-0.2, 0) is 0 Å². The van der Waals surface area contributed by atoms with Crippen molar-refractivity contribution >= 4 is 39.3 Å². The first-order valence-electron chi connectivity index (χ1n) is 5.43. The number of benzene rings is 1. The molecule has 94 valence electrons. The molecular weight excluding hydrogens is 332 g/mol. The molecule has 0 saturated heterocycles. The Kier molecular flexibility index (Phi) is 5.06. The molecule has 0 aliphatic heterocycles. The molecule has 0 amide bonds. The van der Waals surface area contributed by atoms with Crippen LogP contribution in [-0.4, -0.2) is 11.5 Å². The minimum absolute atomic E-state index is 0.164. The molecule has 0 saturated carbocycles. The molecule has 2 rings (SSSR count). The van der Waals surface area contributed by atoms with Gasteiger partial charge in [-0.3, -0.25) is 0 Å². The lowest BCUT2D eigenvalue weighted by Crippen LogP contribution is -2.09. The smallest absolute Gasteiger partial charge is 0.0967 e. The molecule has 18 heavy (non-hydrogen) atoms. The Hall–Kier alpha value is -0.550. The van der Waals surface area contributed by atoms with Crippen molar-refractivity contribution in [3.8, 4) is 0 Å². The molecule has 2 N–H and O–H groups in total. The summed E-state index contributed by atoms with van der Waals surface area (Å²) in [5.74, 6) is 0. The fourth-order valence-electron chi connectivity index (χ4n) is 1.54.